The first kappa shape index (κ1) is 25.4. The van der Waals surface area contributed by atoms with E-state index in [0.29, 0.717) is 0 Å². The topological polar surface area (TPSA) is 32.3 Å². The Kier molecular flexibility index (Phi) is 5.50. The molecule has 3 aliphatic heterocycles. The van der Waals surface area contributed by atoms with E-state index in [-0.39, 0.29) is 6.71 Å². The maximum absolute atomic E-state index is 4.91. The Morgan fingerprint density at radius 2 is 1.31 bits per heavy atom. The molecule has 0 spiro atoms. The van der Waals surface area contributed by atoms with Crippen molar-refractivity contribution in [1.82, 2.24) is 9.97 Å². The monoisotopic (exact) mass is 610 g/mol. The second-order valence-corrected chi connectivity index (χ2v) is 13.6. The molecule has 5 aromatic carbocycles. The summed E-state index contributed by atoms with van der Waals surface area (Å²) in [4.78, 5) is 19.4. The first-order chi connectivity index (χ1) is 22.3. The highest BCUT2D eigenvalue weighted by atomic mass is 32.2. The number of pyridine rings is 2. The van der Waals surface area contributed by atoms with Gasteiger partial charge in [-0.3, -0.25) is 9.97 Å². The summed E-state index contributed by atoms with van der Waals surface area (Å²) in [6, 6.07) is 43.9. The Morgan fingerprint density at radius 1 is 0.556 bits per heavy atom. The number of benzene rings is 5. The van der Waals surface area contributed by atoms with E-state index in [4.69, 9.17) is 4.98 Å². The lowest BCUT2D eigenvalue weighted by Crippen LogP contribution is -2.60. The Labute approximate surface area is 269 Å². The average Bonchev–Trinajstić information content (AvgIpc) is 3.10. The third-order valence-electron chi connectivity index (χ3n) is 9.00. The van der Waals surface area contributed by atoms with Gasteiger partial charge in [0, 0.05) is 38.2 Å². The Morgan fingerprint density at radius 3 is 2.20 bits per heavy atom. The van der Waals surface area contributed by atoms with Crippen LogP contribution in [0.5, 0.6) is 0 Å². The molecule has 0 radical (unpaired) electrons. The van der Waals surface area contributed by atoms with Crippen molar-refractivity contribution < 1.29 is 0 Å². The van der Waals surface area contributed by atoms with Gasteiger partial charge in [0.05, 0.1) is 45.0 Å². The van der Waals surface area contributed by atoms with Crippen LogP contribution in [-0.2, 0) is 0 Å². The van der Waals surface area contributed by atoms with Crippen LogP contribution in [0, 0.1) is 0 Å². The number of para-hydroxylation sites is 3. The number of anilines is 6. The van der Waals surface area contributed by atoms with Gasteiger partial charge in [0.25, 0.3) is 0 Å². The van der Waals surface area contributed by atoms with Crippen LogP contribution in [0.2, 0.25) is 0 Å². The smallest absolute Gasteiger partial charge is 0.249 e. The van der Waals surface area contributed by atoms with Crippen LogP contribution in [0.15, 0.2) is 159 Å². The highest BCUT2D eigenvalue weighted by molar-refractivity contribution is 8.00. The van der Waals surface area contributed by atoms with E-state index in [1.165, 1.54) is 58.7 Å². The molecule has 7 aromatic rings. The van der Waals surface area contributed by atoms with Crippen molar-refractivity contribution in [1.29, 1.82) is 0 Å². The quantitative estimate of drug-likeness (QED) is 0.183. The number of rotatable bonds is 2. The van der Waals surface area contributed by atoms with Crippen LogP contribution in [0.25, 0.3) is 10.9 Å². The predicted octanol–water partition coefficient (Wildman–Crippen LogP) is 8.33. The molecule has 0 bridgehead atoms. The van der Waals surface area contributed by atoms with Crippen LogP contribution in [0.3, 0.4) is 0 Å². The van der Waals surface area contributed by atoms with E-state index in [1.807, 2.05) is 54.2 Å². The summed E-state index contributed by atoms with van der Waals surface area (Å²) in [6.07, 6.45) is 5.73. The molecule has 0 fully saturated rings. The summed E-state index contributed by atoms with van der Waals surface area (Å²) >= 11 is 3.75. The largest absolute Gasteiger partial charge is 0.309 e. The third-order valence-corrected chi connectivity index (χ3v) is 11.3. The summed E-state index contributed by atoms with van der Waals surface area (Å²) in [5.74, 6) is 0. The maximum Gasteiger partial charge on any atom is 0.249 e. The van der Waals surface area contributed by atoms with E-state index in [2.05, 4.69) is 124 Å². The first-order valence-electron chi connectivity index (χ1n) is 15.0. The zero-order chi connectivity index (χ0) is 29.5. The second-order valence-electron chi connectivity index (χ2n) is 11.4. The van der Waals surface area contributed by atoms with Gasteiger partial charge in [-0.15, -0.1) is 0 Å². The fraction of sp³-hybridized carbons (Fsp3) is 0. The highest BCUT2D eigenvalue weighted by Gasteiger charge is 2.44. The van der Waals surface area contributed by atoms with Crippen LogP contribution >= 0.6 is 23.5 Å². The molecule has 45 heavy (non-hydrogen) atoms. The third kappa shape index (κ3) is 3.65. The van der Waals surface area contributed by atoms with Gasteiger partial charge < -0.3 is 9.80 Å². The van der Waals surface area contributed by atoms with Gasteiger partial charge in [-0.25, -0.2) is 0 Å². The Hall–Kier alpha value is -4.98. The number of hydrogen-bond donors (Lipinski definition) is 0. The molecule has 210 valence electrons. The van der Waals surface area contributed by atoms with Crippen molar-refractivity contribution >= 4 is 91.7 Å². The van der Waals surface area contributed by atoms with Crippen LogP contribution in [0.4, 0.5) is 34.1 Å². The van der Waals surface area contributed by atoms with E-state index in [1.54, 1.807) is 0 Å². The fourth-order valence-corrected chi connectivity index (χ4v) is 9.56. The molecule has 4 nitrogen and oxygen atoms in total. The molecule has 0 saturated carbocycles. The summed E-state index contributed by atoms with van der Waals surface area (Å²) in [5, 5.41) is 1.13. The molecule has 10 rings (SSSR count). The lowest BCUT2D eigenvalue weighted by molar-refractivity contribution is 1.12. The van der Waals surface area contributed by atoms with E-state index in [9.17, 15) is 0 Å². The molecule has 0 aliphatic carbocycles. The minimum absolute atomic E-state index is 0.132. The fourth-order valence-electron chi connectivity index (χ4n) is 7.19. The van der Waals surface area contributed by atoms with Gasteiger partial charge in [-0.1, -0.05) is 95.7 Å². The Bertz CT molecular complexity index is 2320. The number of aromatic nitrogens is 2. The highest BCUT2D eigenvalue weighted by Crippen LogP contribution is 2.58. The standard InChI is InChI=1S/C38H23BN4S2/c1-3-15-28-26(13-1)39-27-14-2-5-18-32(27)44-34-22-31-38(37(35(34)39)42(28)25-12-9-20-40-23-25)45-33-19-6-4-16-29(33)43(31)30-17-7-10-24-11-8-21-41-36(24)30/h1-23H. The van der Waals surface area contributed by atoms with Crippen molar-refractivity contribution in [3.63, 3.8) is 0 Å². The number of hydrogen-bond acceptors (Lipinski definition) is 6. The lowest BCUT2D eigenvalue weighted by atomic mass is 9.35. The van der Waals surface area contributed by atoms with E-state index >= 15 is 0 Å². The van der Waals surface area contributed by atoms with Crippen molar-refractivity contribution in [3.8, 4) is 0 Å². The van der Waals surface area contributed by atoms with Gasteiger partial charge in [-0.05, 0) is 65.5 Å². The number of fused-ring (bicyclic) bond motifs is 8. The maximum atomic E-state index is 4.91. The first-order valence-corrected chi connectivity index (χ1v) is 16.7. The lowest BCUT2D eigenvalue weighted by Gasteiger charge is -2.44. The molecule has 0 amide bonds. The van der Waals surface area contributed by atoms with E-state index in [0.717, 1.165) is 22.3 Å². The molecule has 0 unspecified atom stereocenters. The molecule has 0 N–H and O–H groups in total. The summed E-state index contributed by atoms with van der Waals surface area (Å²) < 4.78 is 0. The Balaban J connectivity index is 1.34. The average molecular weight is 611 g/mol. The van der Waals surface area contributed by atoms with Crippen molar-refractivity contribution in [2.75, 3.05) is 9.80 Å². The van der Waals surface area contributed by atoms with Crippen molar-refractivity contribution in [2.45, 2.75) is 19.6 Å². The van der Waals surface area contributed by atoms with Crippen molar-refractivity contribution in [2.24, 2.45) is 0 Å². The van der Waals surface area contributed by atoms with Crippen LogP contribution < -0.4 is 26.2 Å². The van der Waals surface area contributed by atoms with Gasteiger partial charge in [0.1, 0.15) is 0 Å². The van der Waals surface area contributed by atoms with Gasteiger partial charge in [0.2, 0.25) is 6.71 Å². The molecule has 0 atom stereocenters. The summed E-state index contributed by atoms with van der Waals surface area (Å²) in [6.45, 7) is 0.132. The summed E-state index contributed by atoms with van der Waals surface area (Å²) in [5.41, 5.74) is 11.9. The molecule has 3 aliphatic rings. The number of nitrogens with zero attached hydrogens (tertiary/aromatic N) is 4. The molecule has 2 aromatic heterocycles. The van der Waals surface area contributed by atoms with Crippen molar-refractivity contribution in [3.05, 3.63) is 140 Å². The second kappa shape index (κ2) is 9.76. The van der Waals surface area contributed by atoms with Gasteiger partial charge in [0.15, 0.2) is 0 Å². The molecule has 7 heteroatoms. The predicted molar refractivity (Wildman–Crippen MR) is 188 cm³/mol. The minimum atomic E-state index is 0.132. The molecular weight excluding hydrogens is 587 g/mol. The van der Waals surface area contributed by atoms with Crippen LogP contribution in [0.1, 0.15) is 0 Å². The summed E-state index contributed by atoms with van der Waals surface area (Å²) in [7, 11) is 0. The minimum Gasteiger partial charge on any atom is -0.309 e. The van der Waals surface area contributed by atoms with Gasteiger partial charge >= 0.3 is 0 Å². The molecular formula is C38H23BN4S2. The SMILES string of the molecule is c1cncc(N2c3ccccc3B3c4ccccc4Sc4cc5c(c2c43)Sc2ccccc2N5c2cccc3cccnc23)c1. The normalized spacial score (nSPS) is 13.9. The molecule has 5 heterocycles. The zero-order valence-electron chi connectivity index (χ0n) is 24.0. The van der Waals surface area contributed by atoms with E-state index < -0.39 is 0 Å². The van der Waals surface area contributed by atoms with Crippen LogP contribution in [-0.4, -0.2) is 16.7 Å². The van der Waals surface area contributed by atoms with Gasteiger partial charge in [-0.2, -0.15) is 0 Å². The zero-order valence-corrected chi connectivity index (χ0v) is 25.6. The molecule has 0 saturated heterocycles.